The van der Waals surface area contributed by atoms with Crippen LogP contribution in [-0.2, 0) is 5.75 Å². The fraction of sp³-hybridized carbons (Fsp3) is 0.364. The van der Waals surface area contributed by atoms with Crippen LogP contribution in [0, 0.1) is 17.1 Å². The van der Waals surface area contributed by atoms with Gasteiger partial charge in [0.25, 0.3) is 0 Å². The first-order chi connectivity index (χ1) is 7.19. The number of rotatable bonds is 4. The molecule has 0 bridgehead atoms. The highest BCUT2D eigenvalue weighted by atomic mass is 32.2. The van der Waals surface area contributed by atoms with Crippen LogP contribution in [0.4, 0.5) is 4.39 Å². The van der Waals surface area contributed by atoms with Crippen LogP contribution in [0.25, 0.3) is 0 Å². The number of halogens is 1. The average Bonchev–Trinajstić information content (AvgIpc) is 2.27. The second kappa shape index (κ2) is 5.74. The Balaban J connectivity index is 2.74. The molecule has 2 nitrogen and oxygen atoms in total. The fourth-order valence-corrected chi connectivity index (χ4v) is 1.90. The van der Waals surface area contributed by atoms with E-state index in [1.165, 1.54) is 6.07 Å². The number of thioether (sulfide) groups is 1. The number of nitrogens with two attached hydrogens (primary N) is 1. The van der Waals surface area contributed by atoms with Gasteiger partial charge in [0.1, 0.15) is 11.9 Å². The van der Waals surface area contributed by atoms with Crippen molar-refractivity contribution in [3.8, 4) is 6.07 Å². The van der Waals surface area contributed by atoms with E-state index in [1.54, 1.807) is 23.9 Å². The second-order valence-electron chi connectivity index (χ2n) is 3.25. The molecule has 1 unspecified atom stereocenters. The molecule has 0 spiro atoms. The van der Waals surface area contributed by atoms with E-state index >= 15 is 0 Å². The van der Waals surface area contributed by atoms with Crippen molar-refractivity contribution in [2.45, 2.75) is 17.9 Å². The summed E-state index contributed by atoms with van der Waals surface area (Å²) in [5.41, 5.74) is 6.14. The van der Waals surface area contributed by atoms with Gasteiger partial charge in [-0.2, -0.15) is 17.0 Å². The molecule has 0 aromatic heterocycles. The predicted molar refractivity (Wildman–Crippen MR) is 60.9 cm³/mol. The molecule has 0 heterocycles. The highest BCUT2D eigenvalue weighted by Crippen LogP contribution is 2.20. The Bertz CT molecular complexity index is 373. The first-order valence-electron chi connectivity index (χ1n) is 4.68. The molecule has 80 valence electrons. The summed E-state index contributed by atoms with van der Waals surface area (Å²) < 4.78 is 13.6. The number of hydrogen-bond donors (Lipinski definition) is 1. The quantitative estimate of drug-likeness (QED) is 0.853. The van der Waals surface area contributed by atoms with Crippen molar-refractivity contribution < 1.29 is 4.39 Å². The van der Waals surface area contributed by atoms with E-state index < -0.39 is 5.82 Å². The lowest BCUT2D eigenvalue weighted by atomic mass is 10.1. The van der Waals surface area contributed by atoms with Gasteiger partial charge in [0.05, 0.1) is 5.56 Å². The Morgan fingerprint density at radius 3 is 2.93 bits per heavy atom. The number of nitrogens with zero attached hydrogens (tertiary/aromatic N) is 1. The third-order valence-electron chi connectivity index (χ3n) is 2.05. The van der Waals surface area contributed by atoms with Gasteiger partial charge in [-0.05, 0) is 11.6 Å². The number of benzene rings is 1. The molecule has 15 heavy (non-hydrogen) atoms. The molecular weight excluding hydrogens is 211 g/mol. The SMILES string of the molecule is CC(CN)SCc1cccc(C#N)c1F. The van der Waals surface area contributed by atoms with Gasteiger partial charge in [-0.25, -0.2) is 4.39 Å². The molecule has 2 N–H and O–H groups in total. The van der Waals surface area contributed by atoms with Gasteiger partial charge >= 0.3 is 0 Å². The third-order valence-corrected chi connectivity index (χ3v) is 3.29. The van der Waals surface area contributed by atoms with Gasteiger partial charge in [0.15, 0.2) is 0 Å². The van der Waals surface area contributed by atoms with Crippen LogP contribution in [0.1, 0.15) is 18.1 Å². The van der Waals surface area contributed by atoms with Crippen LogP contribution in [0.5, 0.6) is 0 Å². The summed E-state index contributed by atoms with van der Waals surface area (Å²) in [7, 11) is 0. The van der Waals surface area contributed by atoms with Gasteiger partial charge in [0, 0.05) is 17.5 Å². The van der Waals surface area contributed by atoms with Crippen LogP contribution >= 0.6 is 11.8 Å². The molecule has 1 aromatic rings. The number of nitriles is 1. The Morgan fingerprint density at radius 1 is 1.60 bits per heavy atom. The highest BCUT2D eigenvalue weighted by molar-refractivity contribution is 7.99. The van der Waals surface area contributed by atoms with Gasteiger partial charge in [0.2, 0.25) is 0 Å². The maximum Gasteiger partial charge on any atom is 0.144 e. The third kappa shape index (κ3) is 3.22. The van der Waals surface area contributed by atoms with Crippen molar-refractivity contribution in [2.24, 2.45) is 5.73 Å². The summed E-state index contributed by atoms with van der Waals surface area (Å²) in [4.78, 5) is 0. The summed E-state index contributed by atoms with van der Waals surface area (Å²) in [6.45, 7) is 2.57. The summed E-state index contributed by atoms with van der Waals surface area (Å²) in [5, 5.41) is 8.95. The molecule has 0 aliphatic carbocycles. The van der Waals surface area contributed by atoms with E-state index in [1.807, 2.05) is 13.0 Å². The van der Waals surface area contributed by atoms with E-state index in [2.05, 4.69) is 0 Å². The van der Waals surface area contributed by atoms with Crippen molar-refractivity contribution in [3.63, 3.8) is 0 Å². The van der Waals surface area contributed by atoms with E-state index in [-0.39, 0.29) is 5.56 Å². The zero-order chi connectivity index (χ0) is 11.3. The van der Waals surface area contributed by atoms with Crippen LogP contribution in [0.15, 0.2) is 18.2 Å². The van der Waals surface area contributed by atoms with Gasteiger partial charge < -0.3 is 5.73 Å². The standard InChI is InChI=1S/C11H13FN2S/c1-8(5-13)15-7-10-4-2-3-9(6-14)11(10)12/h2-4,8H,5,7,13H2,1H3. The minimum absolute atomic E-state index is 0.105. The Labute approximate surface area is 93.3 Å². The normalized spacial score (nSPS) is 12.1. The van der Waals surface area contributed by atoms with Crippen molar-refractivity contribution in [2.75, 3.05) is 6.54 Å². The molecule has 0 fully saturated rings. The predicted octanol–water partition coefficient (Wildman–Crippen LogP) is 2.28. The minimum atomic E-state index is -0.406. The first-order valence-corrected chi connectivity index (χ1v) is 5.73. The number of hydrogen-bond acceptors (Lipinski definition) is 3. The average molecular weight is 224 g/mol. The molecule has 1 aromatic carbocycles. The molecule has 4 heteroatoms. The zero-order valence-electron chi connectivity index (χ0n) is 8.53. The van der Waals surface area contributed by atoms with E-state index in [4.69, 9.17) is 11.0 Å². The van der Waals surface area contributed by atoms with Crippen molar-refractivity contribution in [1.82, 2.24) is 0 Å². The molecule has 0 aliphatic heterocycles. The highest BCUT2D eigenvalue weighted by Gasteiger charge is 2.08. The second-order valence-corrected chi connectivity index (χ2v) is 4.67. The molecule has 0 saturated carbocycles. The molecule has 0 amide bonds. The maximum absolute atomic E-state index is 13.6. The Morgan fingerprint density at radius 2 is 2.33 bits per heavy atom. The van der Waals surface area contributed by atoms with Crippen LogP contribution in [0.2, 0.25) is 0 Å². The molecule has 1 rings (SSSR count). The smallest absolute Gasteiger partial charge is 0.144 e. The Kier molecular flexibility index (Phi) is 4.60. The molecular formula is C11H13FN2S. The lowest BCUT2D eigenvalue weighted by Crippen LogP contribution is -2.12. The molecule has 1 atom stereocenters. The summed E-state index contributed by atoms with van der Waals surface area (Å²) in [6, 6.07) is 6.71. The van der Waals surface area contributed by atoms with Gasteiger partial charge in [-0.1, -0.05) is 19.1 Å². The topological polar surface area (TPSA) is 49.8 Å². The van der Waals surface area contributed by atoms with Gasteiger partial charge in [-0.3, -0.25) is 0 Å². The largest absolute Gasteiger partial charge is 0.329 e. The fourth-order valence-electron chi connectivity index (χ4n) is 1.08. The van der Waals surface area contributed by atoms with Crippen LogP contribution in [0.3, 0.4) is 0 Å². The molecule has 0 aliphatic rings. The summed E-state index contributed by atoms with van der Waals surface area (Å²) in [5.74, 6) is 0.149. The summed E-state index contributed by atoms with van der Waals surface area (Å²) in [6.07, 6.45) is 0. The molecule has 0 radical (unpaired) electrons. The van der Waals surface area contributed by atoms with Crippen molar-refractivity contribution in [3.05, 3.63) is 35.1 Å². The van der Waals surface area contributed by atoms with Gasteiger partial charge in [-0.15, -0.1) is 0 Å². The van der Waals surface area contributed by atoms with E-state index in [0.29, 0.717) is 23.1 Å². The van der Waals surface area contributed by atoms with Crippen LogP contribution in [-0.4, -0.2) is 11.8 Å². The van der Waals surface area contributed by atoms with Crippen molar-refractivity contribution >= 4 is 11.8 Å². The Hall–Kier alpha value is -1.05. The first kappa shape index (κ1) is 12.0. The monoisotopic (exact) mass is 224 g/mol. The van der Waals surface area contributed by atoms with Crippen molar-refractivity contribution in [1.29, 1.82) is 5.26 Å². The minimum Gasteiger partial charge on any atom is -0.329 e. The van der Waals surface area contributed by atoms with Crippen LogP contribution < -0.4 is 5.73 Å². The zero-order valence-corrected chi connectivity index (χ0v) is 9.35. The van der Waals surface area contributed by atoms with E-state index in [9.17, 15) is 4.39 Å². The maximum atomic E-state index is 13.6. The molecule has 0 saturated heterocycles. The summed E-state index contributed by atoms with van der Waals surface area (Å²) >= 11 is 1.59. The lowest BCUT2D eigenvalue weighted by molar-refractivity contribution is 0.613. The van der Waals surface area contributed by atoms with E-state index in [0.717, 1.165) is 0 Å². The lowest BCUT2D eigenvalue weighted by Gasteiger charge is -2.08.